The monoisotopic (exact) mass is 536 g/mol. The van der Waals surface area contributed by atoms with E-state index in [9.17, 15) is 4.79 Å². The van der Waals surface area contributed by atoms with Gasteiger partial charge in [-0.25, -0.2) is 9.97 Å². The van der Waals surface area contributed by atoms with E-state index in [0.29, 0.717) is 12.1 Å². The van der Waals surface area contributed by atoms with Crippen molar-refractivity contribution in [3.8, 4) is 11.5 Å². The number of anilines is 1. The van der Waals surface area contributed by atoms with Gasteiger partial charge in [0.2, 0.25) is 0 Å². The molecule has 2 aromatic carbocycles. The highest BCUT2D eigenvalue weighted by Crippen LogP contribution is 2.28. The highest BCUT2D eigenvalue weighted by Gasteiger charge is 2.17. The van der Waals surface area contributed by atoms with E-state index in [1.807, 2.05) is 56.4 Å². The summed E-state index contributed by atoms with van der Waals surface area (Å²) in [7, 11) is 5.33. The summed E-state index contributed by atoms with van der Waals surface area (Å²) in [4.78, 5) is 24.0. The molecule has 202 valence electrons. The molecule has 1 aliphatic rings. The van der Waals surface area contributed by atoms with Crippen LogP contribution in [-0.2, 0) is 16.9 Å². The molecule has 1 atom stereocenters. The average molecular weight is 537 g/mol. The first-order chi connectivity index (χ1) is 18.4. The summed E-state index contributed by atoms with van der Waals surface area (Å²) >= 11 is 1.59. The largest absolute Gasteiger partial charge is 0.493 e. The average Bonchev–Trinajstić information content (AvgIpc) is 3.47. The van der Waals surface area contributed by atoms with Gasteiger partial charge in [0.1, 0.15) is 5.82 Å². The molecule has 1 amide bonds. The number of aryl methyl sites for hydroxylation is 1. The van der Waals surface area contributed by atoms with Gasteiger partial charge in [-0.1, -0.05) is 30.0 Å². The summed E-state index contributed by atoms with van der Waals surface area (Å²) in [5.41, 5.74) is 3.86. The Bertz CT molecular complexity index is 1220. The number of nitrogens with one attached hydrogen (secondary N) is 1. The van der Waals surface area contributed by atoms with Crippen LogP contribution in [0.15, 0.2) is 53.7 Å². The maximum atomic E-state index is 12.4. The van der Waals surface area contributed by atoms with Gasteiger partial charge in [-0.3, -0.25) is 4.79 Å². The molecule has 1 N–H and O–H groups in total. The Kier molecular flexibility index (Phi) is 9.84. The Morgan fingerprint density at radius 1 is 1.08 bits per heavy atom. The Morgan fingerprint density at radius 2 is 1.84 bits per heavy atom. The van der Waals surface area contributed by atoms with E-state index >= 15 is 0 Å². The van der Waals surface area contributed by atoms with E-state index in [4.69, 9.17) is 19.2 Å². The molecule has 0 bridgehead atoms. The zero-order valence-corrected chi connectivity index (χ0v) is 23.3. The van der Waals surface area contributed by atoms with Crippen molar-refractivity contribution < 1.29 is 19.0 Å². The fourth-order valence-corrected chi connectivity index (χ4v) is 5.10. The summed E-state index contributed by atoms with van der Waals surface area (Å²) in [5, 5.41) is 3.70. The summed E-state index contributed by atoms with van der Waals surface area (Å²) in [6.07, 6.45) is 3.05. The molecule has 0 saturated carbocycles. The molecule has 38 heavy (non-hydrogen) atoms. The van der Waals surface area contributed by atoms with Gasteiger partial charge in [-0.05, 0) is 61.6 Å². The number of thioether (sulfide) groups is 1. The van der Waals surface area contributed by atoms with Crippen LogP contribution in [0.3, 0.4) is 0 Å². The van der Waals surface area contributed by atoms with Gasteiger partial charge < -0.3 is 24.4 Å². The second-order valence-electron chi connectivity index (χ2n) is 9.34. The van der Waals surface area contributed by atoms with Crippen LogP contribution in [-0.4, -0.2) is 62.9 Å². The number of ether oxygens (including phenoxy) is 3. The van der Waals surface area contributed by atoms with Gasteiger partial charge in [0, 0.05) is 49.8 Å². The van der Waals surface area contributed by atoms with Crippen molar-refractivity contribution in [2.45, 2.75) is 43.2 Å². The third-order valence-electron chi connectivity index (χ3n) is 6.49. The van der Waals surface area contributed by atoms with E-state index < -0.39 is 0 Å². The van der Waals surface area contributed by atoms with E-state index in [-0.39, 0.29) is 12.0 Å². The summed E-state index contributed by atoms with van der Waals surface area (Å²) in [6.45, 7) is 4.13. The van der Waals surface area contributed by atoms with Crippen LogP contribution in [0.4, 0.5) is 5.82 Å². The van der Waals surface area contributed by atoms with E-state index in [1.165, 1.54) is 5.56 Å². The second-order valence-corrected chi connectivity index (χ2v) is 10.3. The van der Waals surface area contributed by atoms with Crippen LogP contribution in [0.25, 0.3) is 0 Å². The smallest absolute Gasteiger partial charge is 0.251 e. The number of carbonyl (C=O) groups excluding carboxylic acids is 1. The van der Waals surface area contributed by atoms with Crippen LogP contribution in [0, 0.1) is 6.92 Å². The first kappa shape index (κ1) is 27.7. The molecule has 9 heteroatoms. The summed E-state index contributed by atoms with van der Waals surface area (Å²) in [5.74, 6) is 3.00. The van der Waals surface area contributed by atoms with Crippen molar-refractivity contribution in [1.82, 2.24) is 15.3 Å². The number of hydrogen-bond acceptors (Lipinski definition) is 8. The van der Waals surface area contributed by atoms with E-state index in [0.717, 1.165) is 71.9 Å². The van der Waals surface area contributed by atoms with Gasteiger partial charge in [-0.2, -0.15) is 0 Å². The highest BCUT2D eigenvalue weighted by atomic mass is 32.2. The Balaban J connectivity index is 1.30. The molecule has 1 saturated heterocycles. The fourth-order valence-electron chi connectivity index (χ4n) is 4.25. The maximum Gasteiger partial charge on any atom is 0.251 e. The number of hydrogen-bond donors (Lipinski definition) is 1. The number of methoxy groups -OCH3 is 2. The predicted molar refractivity (Wildman–Crippen MR) is 151 cm³/mol. The summed E-state index contributed by atoms with van der Waals surface area (Å²) < 4.78 is 16.3. The van der Waals surface area contributed by atoms with Crippen LogP contribution >= 0.6 is 11.8 Å². The first-order valence-corrected chi connectivity index (χ1v) is 13.8. The highest BCUT2D eigenvalue weighted by molar-refractivity contribution is 7.98. The third-order valence-corrected chi connectivity index (χ3v) is 7.41. The van der Waals surface area contributed by atoms with Crippen molar-refractivity contribution in [3.05, 3.63) is 70.9 Å². The predicted octanol–water partition coefficient (Wildman–Crippen LogP) is 4.68. The minimum absolute atomic E-state index is 0.0671. The number of amides is 1. The lowest BCUT2D eigenvalue weighted by Gasteiger charge is -2.19. The van der Waals surface area contributed by atoms with Crippen molar-refractivity contribution >= 4 is 23.5 Å². The minimum Gasteiger partial charge on any atom is -0.493 e. The van der Waals surface area contributed by atoms with Gasteiger partial charge in [0.05, 0.1) is 20.3 Å². The lowest BCUT2D eigenvalue weighted by Crippen LogP contribution is -2.31. The zero-order valence-electron chi connectivity index (χ0n) is 22.5. The molecule has 0 spiro atoms. The van der Waals surface area contributed by atoms with Gasteiger partial charge in [0.25, 0.3) is 5.91 Å². The van der Waals surface area contributed by atoms with Crippen LogP contribution in [0.5, 0.6) is 11.5 Å². The Morgan fingerprint density at radius 3 is 2.55 bits per heavy atom. The number of carbonyl (C=O) groups is 1. The number of nitrogens with zero attached hydrogens (tertiary/aromatic N) is 3. The van der Waals surface area contributed by atoms with Gasteiger partial charge in [0.15, 0.2) is 16.7 Å². The normalized spacial score (nSPS) is 14.8. The number of benzene rings is 2. The summed E-state index contributed by atoms with van der Waals surface area (Å²) in [6, 6.07) is 15.7. The van der Waals surface area contributed by atoms with Gasteiger partial charge in [-0.15, -0.1) is 0 Å². The van der Waals surface area contributed by atoms with Crippen molar-refractivity contribution in [1.29, 1.82) is 0 Å². The third kappa shape index (κ3) is 7.61. The molecule has 0 unspecified atom stereocenters. The molecule has 0 radical (unpaired) electrons. The molecular weight excluding hydrogens is 500 g/mol. The quantitative estimate of drug-likeness (QED) is 0.264. The molecule has 8 nitrogen and oxygen atoms in total. The standard InChI is InChI=1S/C29H36N4O4S/c1-20-16-27(33(2)14-13-21-9-12-25(35-3)26(17-21)36-4)32-29(31-20)38-19-22-7-10-23(11-8-22)28(34)30-18-24-6-5-15-37-24/h7-12,16-17,24H,5-6,13-15,18-19H2,1-4H3,(H,30,34)/t24-/m1/s1. The van der Waals surface area contributed by atoms with E-state index in [2.05, 4.69) is 21.3 Å². The molecule has 0 aliphatic carbocycles. The maximum absolute atomic E-state index is 12.4. The van der Waals surface area contributed by atoms with Crippen molar-refractivity contribution in [3.63, 3.8) is 0 Å². The van der Waals surface area contributed by atoms with Crippen LogP contribution in [0.1, 0.15) is 40.0 Å². The molecule has 1 fully saturated rings. The number of aromatic nitrogens is 2. The molecule has 1 aromatic heterocycles. The van der Waals surface area contributed by atoms with Crippen LogP contribution in [0.2, 0.25) is 0 Å². The second kappa shape index (κ2) is 13.5. The fraction of sp³-hybridized carbons (Fsp3) is 0.414. The molecular formula is C29H36N4O4S. The molecule has 4 rings (SSSR count). The van der Waals surface area contributed by atoms with Gasteiger partial charge >= 0.3 is 0 Å². The Hall–Kier alpha value is -3.30. The molecule has 3 aromatic rings. The SMILES string of the molecule is COc1ccc(CCN(C)c2cc(C)nc(SCc3ccc(C(=O)NC[C@H]4CCCO4)cc3)n2)cc1OC. The number of likely N-dealkylation sites (N-methyl/N-ethyl adjacent to an activating group) is 1. The Labute approximate surface area is 229 Å². The van der Waals surface area contributed by atoms with Crippen LogP contribution < -0.4 is 19.7 Å². The molecule has 1 aliphatic heterocycles. The minimum atomic E-state index is -0.0671. The van der Waals surface area contributed by atoms with E-state index in [1.54, 1.807) is 26.0 Å². The van der Waals surface area contributed by atoms with Crippen molar-refractivity contribution in [2.75, 3.05) is 45.9 Å². The molecule has 2 heterocycles. The van der Waals surface area contributed by atoms with Crippen molar-refractivity contribution in [2.24, 2.45) is 0 Å². The lowest BCUT2D eigenvalue weighted by atomic mass is 10.1. The topological polar surface area (TPSA) is 85.8 Å². The first-order valence-electron chi connectivity index (χ1n) is 12.8. The number of rotatable bonds is 12. The lowest BCUT2D eigenvalue weighted by molar-refractivity contribution is 0.0858. The zero-order chi connectivity index (χ0) is 26.9.